The van der Waals surface area contributed by atoms with E-state index >= 15 is 0 Å². The minimum atomic E-state index is -3.93. The number of ketones is 1. The summed E-state index contributed by atoms with van der Waals surface area (Å²) in [5, 5.41) is -0.575. The van der Waals surface area contributed by atoms with Crippen molar-refractivity contribution in [2.75, 3.05) is 0 Å². The number of aliphatic imine (C=N–C) groups is 1. The van der Waals surface area contributed by atoms with Gasteiger partial charge in [-0.1, -0.05) is 24.6 Å². The maximum atomic E-state index is 13.2. The number of hydrogen-bond acceptors (Lipinski definition) is 4. The molecule has 2 unspecified atom stereocenters. The molecule has 1 aromatic carbocycles. The molecule has 1 aliphatic heterocycles. The molecule has 7 heteroatoms. The summed E-state index contributed by atoms with van der Waals surface area (Å²) in [4.78, 5) is 16.9. The number of sulfonamides is 1. The lowest BCUT2D eigenvalue weighted by molar-refractivity contribution is -0.120. The van der Waals surface area contributed by atoms with Crippen molar-refractivity contribution in [3.05, 3.63) is 29.8 Å². The fourth-order valence-electron chi connectivity index (χ4n) is 2.96. The van der Waals surface area contributed by atoms with E-state index < -0.39 is 27.0 Å². The standard InChI is InChI=1S/C17H23ClN2O3S/c1-6-14(18)16-19-17(4,5)15(12(3)21)20(16)24(22,23)13-9-7-11(2)8-10-13/h7-10,14-15H,6H2,1-5H3. The fourth-order valence-corrected chi connectivity index (χ4v) is 4.98. The van der Waals surface area contributed by atoms with Gasteiger partial charge in [0.15, 0.2) is 5.78 Å². The van der Waals surface area contributed by atoms with E-state index in [1.807, 2.05) is 13.8 Å². The Labute approximate surface area is 148 Å². The quantitative estimate of drug-likeness (QED) is 0.748. The molecule has 0 amide bonds. The highest BCUT2D eigenvalue weighted by Crippen LogP contribution is 2.36. The molecule has 0 fully saturated rings. The third-order valence-corrected chi connectivity index (χ3v) is 6.42. The molecular weight excluding hydrogens is 348 g/mol. The van der Waals surface area contributed by atoms with Crippen molar-refractivity contribution in [1.82, 2.24) is 4.31 Å². The van der Waals surface area contributed by atoms with Crippen molar-refractivity contribution in [2.45, 2.75) is 62.9 Å². The molecular formula is C17H23ClN2O3S. The van der Waals surface area contributed by atoms with E-state index in [1.54, 1.807) is 38.1 Å². The Morgan fingerprint density at radius 2 is 1.88 bits per heavy atom. The van der Waals surface area contributed by atoms with E-state index in [0.29, 0.717) is 6.42 Å². The maximum Gasteiger partial charge on any atom is 0.266 e. The summed E-state index contributed by atoms with van der Waals surface area (Å²) in [5.41, 5.74) is 0.0952. The van der Waals surface area contributed by atoms with Crippen LogP contribution in [0.4, 0.5) is 0 Å². The van der Waals surface area contributed by atoms with Crippen LogP contribution in [0.5, 0.6) is 0 Å². The molecule has 0 spiro atoms. The molecule has 24 heavy (non-hydrogen) atoms. The van der Waals surface area contributed by atoms with Crippen LogP contribution in [0, 0.1) is 6.92 Å². The SMILES string of the molecule is CCC(Cl)C1=NC(C)(C)C(C(C)=O)N1S(=O)(=O)c1ccc(C)cc1. The number of hydrogen-bond donors (Lipinski definition) is 0. The number of benzene rings is 1. The minimum Gasteiger partial charge on any atom is -0.298 e. The van der Waals surface area contributed by atoms with Gasteiger partial charge in [0.25, 0.3) is 10.0 Å². The van der Waals surface area contributed by atoms with Crippen LogP contribution in [0.1, 0.15) is 39.7 Å². The summed E-state index contributed by atoms with van der Waals surface area (Å²) in [6.45, 7) is 8.63. The van der Waals surface area contributed by atoms with E-state index in [2.05, 4.69) is 4.99 Å². The lowest BCUT2D eigenvalue weighted by Crippen LogP contribution is -2.52. The highest BCUT2D eigenvalue weighted by molar-refractivity contribution is 7.89. The molecule has 0 aromatic heterocycles. The normalized spacial score (nSPS) is 21.5. The number of nitrogens with zero attached hydrogens (tertiary/aromatic N) is 2. The summed E-state index contributed by atoms with van der Waals surface area (Å²) in [6, 6.07) is 5.64. The van der Waals surface area contributed by atoms with Crippen molar-refractivity contribution in [2.24, 2.45) is 4.99 Å². The van der Waals surface area contributed by atoms with Crippen molar-refractivity contribution in [1.29, 1.82) is 0 Å². The Balaban J connectivity index is 2.63. The molecule has 0 aliphatic carbocycles. The highest BCUT2D eigenvalue weighted by atomic mass is 35.5. The number of carbonyl (C=O) groups excluding carboxylic acids is 1. The second kappa shape index (κ2) is 6.48. The lowest BCUT2D eigenvalue weighted by atomic mass is 9.94. The van der Waals surface area contributed by atoms with Crippen LogP contribution in [-0.4, -0.2) is 41.3 Å². The Morgan fingerprint density at radius 3 is 2.33 bits per heavy atom. The summed E-state index contributed by atoms with van der Waals surface area (Å²) in [5.74, 6) is -0.0145. The third-order valence-electron chi connectivity index (χ3n) is 4.13. The minimum absolute atomic E-state index is 0.129. The monoisotopic (exact) mass is 370 g/mol. The number of aryl methyl sites for hydroxylation is 1. The average molecular weight is 371 g/mol. The van der Waals surface area contributed by atoms with Gasteiger partial charge in [0.05, 0.1) is 15.8 Å². The molecule has 2 rings (SSSR count). The summed E-state index contributed by atoms with van der Waals surface area (Å²) < 4.78 is 27.6. The van der Waals surface area contributed by atoms with E-state index in [-0.39, 0.29) is 16.5 Å². The molecule has 132 valence electrons. The van der Waals surface area contributed by atoms with Crippen LogP contribution in [0.2, 0.25) is 0 Å². The fraction of sp³-hybridized carbons (Fsp3) is 0.529. The second-order valence-electron chi connectivity index (χ2n) is 6.63. The number of amidine groups is 1. The van der Waals surface area contributed by atoms with E-state index in [0.717, 1.165) is 9.87 Å². The molecule has 0 bridgehead atoms. The zero-order valence-electron chi connectivity index (χ0n) is 14.6. The number of Topliss-reactive ketones (excluding diaryl/α,β-unsaturated/α-hetero) is 1. The van der Waals surface area contributed by atoms with E-state index in [4.69, 9.17) is 11.6 Å². The zero-order chi connectivity index (χ0) is 18.3. The molecule has 1 aromatic rings. The zero-order valence-corrected chi connectivity index (χ0v) is 16.1. The summed E-state index contributed by atoms with van der Waals surface area (Å²) in [6.07, 6.45) is 0.515. The molecule has 1 aliphatic rings. The van der Waals surface area contributed by atoms with Gasteiger partial charge in [-0.15, -0.1) is 11.6 Å². The number of rotatable bonds is 5. The predicted molar refractivity (Wildman–Crippen MR) is 96.1 cm³/mol. The van der Waals surface area contributed by atoms with Gasteiger partial charge in [0.2, 0.25) is 0 Å². The predicted octanol–water partition coefficient (Wildman–Crippen LogP) is 3.15. The Bertz CT molecular complexity index is 770. The van der Waals surface area contributed by atoms with Gasteiger partial charge in [-0.3, -0.25) is 9.79 Å². The maximum absolute atomic E-state index is 13.2. The summed E-state index contributed by atoms with van der Waals surface area (Å²) >= 11 is 6.33. The third kappa shape index (κ3) is 3.22. The molecule has 0 saturated carbocycles. The Morgan fingerprint density at radius 1 is 1.33 bits per heavy atom. The molecule has 2 atom stereocenters. The first kappa shape index (κ1) is 18.9. The topological polar surface area (TPSA) is 66.8 Å². The van der Waals surface area contributed by atoms with Crippen LogP contribution in [0.25, 0.3) is 0 Å². The van der Waals surface area contributed by atoms with Gasteiger partial charge in [0, 0.05) is 0 Å². The van der Waals surface area contributed by atoms with Gasteiger partial charge in [-0.2, -0.15) is 0 Å². The molecule has 0 N–H and O–H groups in total. The molecule has 1 heterocycles. The van der Waals surface area contributed by atoms with E-state index in [9.17, 15) is 13.2 Å². The Kier molecular flexibility index (Phi) is 5.11. The highest BCUT2D eigenvalue weighted by Gasteiger charge is 2.51. The van der Waals surface area contributed by atoms with Crippen LogP contribution in [0.15, 0.2) is 34.2 Å². The van der Waals surface area contributed by atoms with Gasteiger partial charge < -0.3 is 0 Å². The van der Waals surface area contributed by atoms with Gasteiger partial charge in [0.1, 0.15) is 11.9 Å². The van der Waals surface area contributed by atoms with E-state index in [1.165, 1.54) is 6.92 Å². The summed E-state index contributed by atoms with van der Waals surface area (Å²) in [7, 11) is -3.93. The van der Waals surface area contributed by atoms with Crippen LogP contribution < -0.4 is 0 Å². The van der Waals surface area contributed by atoms with Crippen LogP contribution >= 0.6 is 11.6 Å². The van der Waals surface area contributed by atoms with Crippen LogP contribution in [-0.2, 0) is 14.8 Å². The van der Waals surface area contributed by atoms with Crippen LogP contribution in [0.3, 0.4) is 0 Å². The van der Waals surface area contributed by atoms with Gasteiger partial charge >= 0.3 is 0 Å². The Hall–Kier alpha value is -1.40. The number of halogens is 1. The number of alkyl halides is 1. The molecule has 0 radical (unpaired) electrons. The van der Waals surface area contributed by atoms with Gasteiger partial charge in [-0.05, 0) is 46.2 Å². The first-order valence-electron chi connectivity index (χ1n) is 7.87. The van der Waals surface area contributed by atoms with Crippen molar-refractivity contribution < 1.29 is 13.2 Å². The average Bonchev–Trinajstić information content (AvgIpc) is 2.79. The number of carbonyl (C=O) groups is 1. The molecule has 0 saturated heterocycles. The second-order valence-corrected chi connectivity index (χ2v) is 8.97. The van der Waals surface area contributed by atoms with Crippen molar-refractivity contribution >= 4 is 33.2 Å². The smallest absolute Gasteiger partial charge is 0.266 e. The van der Waals surface area contributed by atoms with Crippen molar-refractivity contribution in [3.8, 4) is 0 Å². The largest absolute Gasteiger partial charge is 0.298 e. The lowest BCUT2D eigenvalue weighted by Gasteiger charge is -2.31. The first-order valence-corrected chi connectivity index (χ1v) is 9.75. The van der Waals surface area contributed by atoms with Gasteiger partial charge in [-0.25, -0.2) is 12.7 Å². The van der Waals surface area contributed by atoms with Crippen molar-refractivity contribution in [3.63, 3.8) is 0 Å². The molecule has 5 nitrogen and oxygen atoms in total. The first-order chi connectivity index (χ1) is 11.0.